The van der Waals surface area contributed by atoms with Crippen LogP contribution >= 0.6 is 11.3 Å². The lowest BCUT2D eigenvalue weighted by Gasteiger charge is -2.42. The molecule has 1 atom stereocenters. The Morgan fingerprint density at radius 1 is 1.43 bits per heavy atom. The van der Waals surface area contributed by atoms with Crippen LogP contribution in [0.5, 0.6) is 0 Å². The van der Waals surface area contributed by atoms with Crippen molar-refractivity contribution >= 4 is 11.3 Å². The lowest BCUT2D eigenvalue weighted by atomic mass is 9.66. The minimum atomic E-state index is -0.521. The van der Waals surface area contributed by atoms with Crippen LogP contribution in [0.4, 0.5) is 0 Å². The minimum Gasteiger partial charge on any atom is -0.386 e. The summed E-state index contributed by atoms with van der Waals surface area (Å²) in [5, 5.41) is 14.0. The van der Waals surface area contributed by atoms with Crippen LogP contribution in [-0.4, -0.2) is 16.6 Å². The molecule has 1 aliphatic carbocycles. The maximum absolute atomic E-state index is 10.9. The van der Waals surface area contributed by atoms with Gasteiger partial charge in [0.05, 0.1) is 10.7 Å². The van der Waals surface area contributed by atoms with Crippen LogP contribution in [0.1, 0.15) is 76.6 Å². The molecule has 0 radical (unpaired) electrons. The van der Waals surface area contributed by atoms with Gasteiger partial charge in [-0.25, -0.2) is 4.98 Å². The summed E-state index contributed by atoms with van der Waals surface area (Å²) in [6, 6.07) is 0. The minimum absolute atomic E-state index is 0.0401. The molecular formula is C17H30N2OS. The van der Waals surface area contributed by atoms with E-state index in [0.29, 0.717) is 6.54 Å². The van der Waals surface area contributed by atoms with Crippen molar-refractivity contribution in [3.8, 4) is 0 Å². The number of rotatable bonds is 4. The number of nitrogens with two attached hydrogens (primary N) is 1. The first-order chi connectivity index (χ1) is 9.82. The van der Waals surface area contributed by atoms with Crippen molar-refractivity contribution < 1.29 is 5.11 Å². The smallest absolute Gasteiger partial charge is 0.104 e. The maximum atomic E-state index is 10.9. The van der Waals surface area contributed by atoms with Crippen LogP contribution in [0.3, 0.4) is 0 Å². The second kappa shape index (κ2) is 6.35. The fraction of sp³-hybridized carbons (Fsp3) is 0.824. The first kappa shape index (κ1) is 16.9. The van der Waals surface area contributed by atoms with Crippen molar-refractivity contribution in [2.45, 2.75) is 71.3 Å². The molecule has 1 fully saturated rings. The average molecular weight is 311 g/mol. The number of nitrogens with zero attached hydrogens (tertiary/aromatic N) is 1. The Morgan fingerprint density at radius 2 is 2.05 bits per heavy atom. The lowest BCUT2D eigenvalue weighted by molar-refractivity contribution is -0.0127. The van der Waals surface area contributed by atoms with Crippen molar-refractivity contribution in [2.75, 3.05) is 6.54 Å². The largest absolute Gasteiger partial charge is 0.386 e. The molecule has 0 amide bonds. The SMILES string of the molecule is CCC1CCC(CN)(C(O)c2csc(C(C)(C)C)n2)CC1. The first-order valence-electron chi connectivity index (χ1n) is 8.16. The Bertz CT molecular complexity index is 456. The predicted molar refractivity (Wildman–Crippen MR) is 89.5 cm³/mol. The maximum Gasteiger partial charge on any atom is 0.104 e. The van der Waals surface area contributed by atoms with Gasteiger partial charge in [-0.15, -0.1) is 11.3 Å². The van der Waals surface area contributed by atoms with E-state index in [2.05, 4.69) is 27.7 Å². The van der Waals surface area contributed by atoms with E-state index in [1.807, 2.05) is 5.38 Å². The second-order valence-corrected chi connectivity index (χ2v) is 8.51. The van der Waals surface area contributed by atoms with E-state index in [1.165, 1.54) is 19.3 Å². The molecule has 120 valence electrons. The molecule has 21 heavy (non-hydrogen) atoms. The van der Waals surface area contributed by atoms with Crippen LogP contribution in [0.2, 0.25) is 0 Å². The van der Waals surface area contributed by atoms with Crippen molar-refractivity contribution in [3.63, 3.8) is 0 Å². The molecule has 3 nitrogen and oxygen atoms in total. The van der Waals surface area contributed by atoms with Gasteiger partial charge in [0.25, 0.3) is 0 Å². The molecule has 1 unspecified atom stereocenters. The van der Waals surface area contributed by atoms with Crippen LogP contribution in [0.25, 0.3) is 0 Å². The number of aliphatic hydroxyl groups excluding tert-OH is 1. The highest BCUT2D eigenvalue weighted by Crippen LogP contribution is 2.47. The van der Waals surface area contributed by atoms with Crippen LogP contribution in [0, 0.1) is 11.3 Å². The predicted octanol–water partition coefficient (Wildman–Crippen LogP) is 4.02. The zero-order chi connectivity index (χ0) is 15.7. The van der Waals surface area contributed by atoms with Crippen molar-refractivity contribution in [2.24, 2.45) is 17.1 Å². The Hall–Kier alpha value is -0.450. The number of aromatic nitrogens is 1. The zero-order valence-electron chi connectivity index (χ0n) is 13.9. The van der Waals surface area contributed by atoms with Crippen molar-refractivity contribution in [1.82, 2.24) is 4.98 Å². The Labute approximate surface area is 133 Å². The van der Waals surface area contributed by atoms with Gasteiger partial charge >= 0.3 is 0 Å². The molecule has 4 heteroatoms. The third-order valence-electron chi connectivity index (χ3n) is 5.11. The summed E-state index contributed by atoms with van der Waals surface area (Å²) in [5.41, 5.74) is 6.76. The van der Waals surface area contributed by atoms with E-state index in [4.69, 9.17) is 10.7 Å². The van der Waals surface area contributed by atoms with Gasteiger partial charge in [0.15, 0.2) is 0 Å². The number of hydrogen-bond acceptors (Lipinski definition) is 4. The van der Waals surface area contributed by atoms with Gasteiger partial charge in [-0.1, -0.05) is 34.1 Å². The standard InChI is InChI=1S/C17H30N2OS/c1-5-12-6-8-17(11-18,9-7-12)14(20)13-10-21-15(19-13)16(2,3)4/h10,12,14,20H,5-9,11,18H2,1-4H3. The van der Waals surface area contributed by atoms with Crippen molar-refractivity contribution in [1.29, 1.82) is 0 Å². The topological polar surface area (TPSA) is 59.1 Å². The molecule has 0 bridgehead atoms. The molecule has 0 saturated heterocycles. The summed E-state index contributed by atoms with van der Waals surface area (Å²) in [6.45, 7) is 9.28. The lowest BCUT2D eigenvalue weighted by Crippen LogP contribution is -2.40. The van der Waals surface area contributed by atoms with E-state index in [-0.39, 0.29) is 10.8 Å². The number of thiazole rings is 1. The fourth-order valence-corrected chi connectivity index (χ4v) is 4.25. The summed E-state index contributed by atoms with van der Waals surface area (Å²) in [7, 11) is 0. The highest BCUT2D eigenvalue weighted by atomic mass is 32.1. The van der Waals surface area contributed by atoms with Gasteiger partial charge in [-0.2, -0.15) is 0 Å². The first-order valence-corrected chi connectivity index (χ1v) is 9.04. The highest BCUT2D eigenvalue weighted by molar-refractivity contribution is 7.09. The second-order valence-electron chi connectivity index (χ2n) is 7.65. The van der Waals surface area contributed by atoms with Crippen LogP contribution in [-0.2, 0) is 5.41 Å². The molecule has 2 rings (SSSR count). The molecule has 0 aliphatic heterocycles. The summed E-state index contributed by atoms with van der Waals surface area (Å²) in [4.78, 5) is 4.70. The average Bonchev–Trinajstić information content (AvgIpc) is 2.96. The third-order valence-corrected chi connectivity index (χ3v) is 6.39. The zero-order valence-corrected chi connectivity index (χ0v) is 14.7. The van der Waals surface area contributed by atoms with Gasteiger partial charge in [0, 0.05) is 22.8 Å². The fourth-order valence-electron chi connectivity index (χ4n) is 3.32. The summed E-state index contributed by atoms with van der Waals surface area (Å²) in [6.07, 6.45) is 5.12. The van der Waals surface area contributed by atoms with Crippen molar-refractivity contribution in [3.05, 3.63) is 16.1 Å². The Kier molecular flexibility index (Phi) is 5.11. The summed E-state index contributed by atoms with van der Waals surface area (Å²) in [5.74, 6) is 0.803. The molecule has 1 aromatic heterocycles. The number of hydrogen-bond donors (Lipinski definition) is 2. The molecule has 0 spiro atoms. The van der Waals surface area contributed by atoms with E-state index in [9.17, 15) is 5.11 Å². The highest BCUT2D eigenvalue weighted by Gasteiger charge is 2.41. The molecule has 1 aliphatic rings. The quantitative estimate of drug-likeness (QED) is 0.883. The van der Waals surface area contributed by atoms with E-state index in [1.54, 1.807) is 11.3 Å². The van der Waals surface area contributed by atoms with Crippen LogP contribution in [0.15, 0.2) is 5.38 Å². The van der Waals surface area contributed by atoms with Gasteiger partial charge in [0.1, 0.15) is 6.10 Å². The normalized spacial score (nSPS) is 28.6. The van der Waals surface area contributed by atoms with E-state index >= 15 is 0 Å². The summed E-state index contributed by atoms with van der Waals surface area (Å²) < 4.78 is 0. The Balaban J connectivity index is 2.17. The van der Waals surface area contributed by atoms with Crippen LogP contribution < -0.4 is 5.73 Å². The molecule has 3 N–H and O–H groups in total. The van der Waals surface area contributed by atoms with Gasteiger partial charge < -0.3 is 10.8 Å². The third kappa shape index (κ3) is 3.49. The Morgan fingerprint density at radius 3 is 2.48 bits per heavy atom. The van der Waals surface area contributed by atoms with Gasteiger partial charge in [-0.05, 0) is 31.6 Å². The van der Waals surface area contributed by atoms with Gasteiger partial charge in [-0.3, -0.25) is 0 Å². The molecule has 0 aromatic carbocycles. The summed E-state index contributed by atoms with van der Waals surface area (Å²) >= 11 is 1.65. The molecule has 1 aromatic rings. The molecule has 1 heterocycles. The molecular weight excluding hydrogens is 280 g/mol. The van der Waals surface area contributed by atoms with Gasteiger partial charge in [0.2, 0.25) is 0 Å². The molecule has 1 saturated carbocycles. The van der Waals surface area contributed by atoms with E-state index in [0.717, 1.165) is 29.5 Å². The number of aliphatic hydroxyl groups is 1. The monoisotopic (exact) mass is 310 g/mol. The van der Waals surface area contributed by atoms with E-state index < -0.39 is 6.10 Å².